The molecule has 0 aliphatic heterocycles. The van der Waals surface area contributed by atoms with E-state index in [2.05, 4.69) is 16.9 Å². The Kier molecular flexibility index (Phi) is 3.23. The van der Waals surface area contributed by atoms with Gasteiger partial charge in [-0.15, -0.1) is 0 Å². The molecule has 0 radical (unpaired) electrons. The Labute approximate surface area is 104 Å². The van der Waals surface area contributed by atoms with Crippen LogP contribution in [0, 0.1) is 10.1 Å². The lowest BCUT2D eigenvalue weighted by Crippen LogP contribution is -2.06. The molecule has 0 bridgehead atoms. The number of anilines is 1. The van der Waals surface area contributed by atoms with Crippen LogP contribution in [-0.2, 0) is 0 Å². The third-order valence-electron chi connectivity index (χ3n) is 2.52. The van der Waals surface area contributed by atoms with Crippen molar-refractivity contribution in [2.75, 3.05) is 11.9 Å². The van der Waals surface area contributed by atoms with Gasteiger partial charge in [-0.2, -0.15) is 0 Å². The topological polar surface area (TPSA) is 68.1 Å². The van der Waals surface area contributed by atoms with Crippen LogP contribution in [0.3, 0.4) is 0 Å². The largest absolute Gasteiger partial charge is 0.375 e. The van der Waals surface area contributed by atoms with E-state index < -0.39 is 4.92 Å². The van der Waals surface area contributed by atoms with E-state index in [1.165, 1.54) is 6.20 Å². The summed E-state index contributed by atoms with van der Waals surface area (Å²) in [6.07, 6.45) is 1.28. The van der Waals surface area contributed by atoms with Crippen LogP contribution < -0.4 is 5.32 Å². The van der Waals surface area contributed by atoms with Gasteiger partial charge in [0.15, 0.2) is 0 Å². The van der Waals surface area contributed by atoms with Crippen LogP contribution >= 0.6 is 0 Å². The Balaban J connectivity index is 2.58. The van der Waals surface area contributed by atoms with Crippen LogP contribution in [0.15, 0.2) is 42.6 Å². The molecule has 5 heteroatoms. The van der Waals surface area contributed by atoms with Crippen LogP contribution in [0.1, 0.15) is 6.92 Å². The highest BCUT2D eigenvalue weighted by atomic mass is 16.6. The summed E-state index contributed by atoms with van der Waals surface area (Å²) in [6, 6.07) is 7.32. The van der Waals surface area contributed by atoms with Gasteiger partial charge in [-0.05, 0) is 13.0 Å². The third-order valence-corrected chi connectivity index (χ3v) is 2.52. The SMILES string of the molecule is C=C(C)CNc1c([N+](=O)[O-])cnc2ccccc12. The molecule has 18 heavy (non-hydrogen) atoms. The second-order valence-electron chi connectivity index (χ2n) is 4.10. The molecule has 5 nitrogen and oxygen atoms in total. The number of para-hydroxylation sites is 1. The van der Waals surface area contributed by atoms with Gasteiger partial charge in [0.25, 0.3) is 0 Å². The summed E-state index contributed by atoms with van der Waals surface area (Å²) in [7, 11) is 0. The van der Waals surface area contributed by atoms with Gasteiger partial charge in [-0.25, -0.2) is 4.98 Å². The zero-order chi connectivity index (χ0) is 13.1. The minimum absolute atomic E-state index is 0.0186. The summed E-state index contributed by atoms with van der Waals surface area (Å²) in [5, 5.41) is 14.8. The highest BCUT2D eigenvalue weighted by Crippen LogP contribution is 2.31. The van der Waals surface area contributed by atoms with Crippen molar-refractivity contribution in [3.05, 3.63) is 52.7 Å². The minimum atomic E-state index is -0.430. The monoisotopic (exact) mass is 243 g/mol. The normalized spacial score (nSPS) is 10.3. The molecule has 0 fully saturated rings. The van der Waals surface area contributed by atoms with E-state index in [1.54, 1.807) is 0 Å². The maximum Gasteiger partial charge on any atom is 0.311 e. The van der Waals surface area contributed by atoms with Crippen LogP contribution in [0.5, 0.6) is 0 Å². The molecule has 1 heterocycles. The van der Waals surface area contributed by atoms with Crippen molar-refractivity contribution < 1.29 is 4.92 Å². The van der Waals surface area contributed by atoms with Crippen molar-refractivity contribution in [2.45, 2.75) is 6.92 Å². The van der Waals surface area contributed by atoms with E-state index in [0.29, 0.717) is 12.2 Å². The highest BCUT2D eigenvalue weighted by molar-refractivity contribution is 5.95. The van der Waals surface area contributed by atoms with Gasteiger partial charge in [0.2, 0.25) is 0 Å². The van der Waals surface area contributed by atoms with Crippen LogP contribution in [0.4, 0.5) is 11.4 Å². The first-order valence-corrected chi connectivity index (χ1v) is 5.50. The standard InChI is InChI=1S/C13H13N3O2/c1-9(2)7-15-13-10-5-3-4-6-11(10)14-8-12(13)16(17)18/h3-6,8H,1,7H2,2H3,(H,14,15). The van der Waals surface area contributed by atoms with Gasteiger partial charge in [0, 0.05) is 11.9 Å². The molecular formula is C13H13N3O2. The average Bonchev–Trinajstić information content (AvgIpc) is 2.35. The predicted molar refractivity (Wildman–Crippen MR) is 71.7 cm³/mol. The van der Waals surface area contributed by atoms with E-state index >= 15 is 0 Å². The number of nitrogens with zero attached hydrogens (tertiary/aromatic N) is 2. The second-order valence-corrected chi connectivity index (χ2v) is 4.10. The number of fused-ring (bicyclic) bond motifs is 1. The number of hydrogen-bond donors (Lipinski definition) is 1. The Morgan fingerprint density at radius 3 is 2.89 bits per heavy atom. The molecular weight excluding hydrogens is 230 g/mol. The Hall–Kier alpha value is -2.43. The molecule has 0 aliphatic carbocycles. The summed E-state index contributed by atoms with van der Waals surface area (Å²) in [5.74, 6) is 0. The molecule has 0 saturated heterocycles. The second kappa shape index (κ2) is 4.83. The lowest BCUT2D eigenvalue weighted by molar-refractivity contribution is -0.384. The first-order valence-electron chi connectivity index (χ1n) is 5.50. The number of benzene rings is 1. The number of hydrogen-bond acceptors (Lipinski definition) is 4. The van der Waals surface area contributed by atoms with Crippen molar-refractivity contribution in [1.82, 2.24) is 4.98 Å². The van der Waals surface area contributed by atoms with Gasteiger partial charge in [0.05, 0.1) is 10.4 Å². The fraction of sp³-hybridized carbons (Fsp3) is 0.154. The summed E-state index contributed by atoms with van der Waals surface area (Å²) < 4.78 is 0. The van der Waals surface area contributed by atoms with Crippen molar-refractivity contribution in [2.24, 2.45) is 0 Å². The van der Waals surface area contributed by atoms with Gasteiger partial charge >= 0.3 is 5.69 Å². The maximum atomic E-state index is 11.0. The maximum absolute atomic E-state index is 11.0. The molecule has 92 valence electrons. The summed E-state index contributed by atoms with van der Waals surface area (Å²) in [6.45, 7) is 6.13. The quantitative estimate of drug-likeness (QED) is 0.509. The molecule has 1 aromatic carbocycles. The number of rotatable bonds is 4. The molecule has 1 N–H and O–H groups in total. The zero-order valence-electron chi connectivity index (χ0n) is 10.0. The Morgan fingerprint density at radius 1 is 1.50 bits per heavy atom. The van der Waals surface area contributed by atoms with E-state index in [0.717, 1.165) is 16.5 Å². The summed E-state index contributed by atoms with van der Waals surface area (Å²) >= 11 is 0. The zero-order valence-corrected chi connectivity index (χ0v) is 10.0. The van der Waals surface area contributed by atoms with Crippen molar-refractivity contribution in [3.8, 4) is 0 Å². The molecule has 0 unspecified atom stereocenters. The van der Waals surface area contributed by atoms with Gasteiger partial charge < -0.3 is 5.32 Å². The van der Waals surface area contributed by atoms with E-state index in [-0.39, 0.29) is 5.69 Å². The van der Waals surface area contributed by atoms with E-state index in [9.17, 15) is 10.1 Å². The molecule has 1 aromatic heterocycles. The lowest BCUT2D eigenvalue weighted by atomic mass is 10.1. The molecule has 0 atom stereocenters. The van der Waals surface area contributed by atoms with Gasteiger partial charge in [-0.3, -0.25) is 10.1 Å². The molecule has 0 spiro atoms. The first-order chi connectivity index (χ1) is 8.59. The molecule has 0 amide bonds. The molecule has 2 aromatic rings. The Bertz CT molecular complexity index is 623. The number of pyridine rings is 1. The number of aromatic nitrogens is 1. The fourth-order valence-corrected chi connectivity index (χ4v) is 1.69. The fourth-order valence-electron chi connectivity index (χ4n) is 1.69. The third kappa shape index (κ3) is 2.29. The number of nitro groups is 1. The summed E-state index contributed by atoms with van der Waals surface area (Å²) in [5.41, 5.74) is 2.11. The predicted octanol–water partition coefficient (Wildman–Crippen LogP) is 3.13. The van der Waals surface area contributed by atoms with Crippen molar-refractivity contribution in [1.29, 1.82) is 0 Å². The average molecular weight is 243 g/mol. The Morgan fingerprint density at radius 2 is 2.22 bits per heavy atom. The minimum Gasteiger partial charge on any atom is -0.375 e. The van der Waals surface area contributed by atoms with Crippen LogP contribution in [-0.4, -0.2) is 16.5 Å². The lowest BCUT2D eigenvalue weighted by Gasteiger charge is -2.09. The van der Waals surface area contributed by atoms with Crippen LogP contribution in [0.2, 0.25) is 0 Å². The first kappa shape index (κ1) is 12.0. The number of nitrogens with one attached hydrogen (secondary N) is 1. The van der Waals surface area contributed by atoms with Crippen molar-refractivity contribution in [3.63, 3.8) is 0 Å². The van der Waals surface area contributed by atoms with Gasteiger partial charge in [-0.1, -0.05) is 30.4 Å². The smallest absolute Gasteiger partial charge is 0.311 e. The van der Waals surface area contributed by atoms with E-state index in [4.69, 9.17) is 0 Å². The molecule has 2 rings (SSSR count). The molecule has 0 saturated carbocycles. The highest BCUT2D eigenvalue weighted by Gasteiger charge is 2.17. The summed E-state index contributed by atoms with van der Waals surface area (Å²) in [4.78, 5) is 14.7. The molecule has 0 aliphatic rings. The van der Waals surface area contributed by atoms with Crippen LogP contribution in [0.25, 0.3) is 10.9 Å². The van der Waals surface area contributed by atoms with Gasteiger partial charge in [0.1, 0.15) is 11.9 Å². The van der Waals surface area contributed by atoms with Crippen molar-refractivity contribution >= 4 is 22.3 Å². The van der Waals surface area contributed by atoms with E-state index in [1.807, 2.05) is 31.2 Å².